The minimum absolute atomic E-state index is 0.00649. The van der Waals surface area contributed by atoms with Crippen molar-refractivity contribution >= 4 is 55.1 Å². The summed E-state index contributed by atoms with van der Waals surface area (Å²) in [5.74, 6) is -1.25. The van der Waals surface area contributed by atoms with Crippen LogP contribution in [0.3, 0.4) is 0 Å². The summed E-state index contributed by atoms with van der Waals surface area (Å²) < 4.78 is 27.0. The van der Waals surface area contributed by atoms with Crippen LogP contribution in [0.2, 0.25) is 10.0 Å². The molecule has 0 saturated carbocycles. The van der Waals surface area contributed by atoms with Crippen LogP contribution in [0.5, 0.6) is 0 Å². The number of carbonyl (C=O) groups is 1. The van der Waals surface area contributed by atoms with Crippen LogP contribution < -0.4 is 0 Å². The standard InChI is InChI=1S/C15H12BrCl2NO4S/c16-11-2-4-12(5-3-11)24(22,23)19(9-15(20)21)8-10-1-6-13(17)14(18)7-10/h1-7H,8-9H2,(H,20,21). The lowest BCUT2D eigenvalue weighted by Crippen LogP contribution is -2.35. The number of halogens is 3. The Hall–Kier alpha value is -1.12. The zero-order valence-corrected chi connectivity index (χ0v) is 16.0. The van der Waals surface area contributed by atoms with Crippen molar-refractivity contribution in [2.45, 2.75) is 11.4 Å². The highest BCUT2D eigenvalue weighted by Crippen LogP contribution is 2.25. The van der Waals surface area contributed by atoms with Crippen LogP contribution in [0, 0.1) is 0 Å². The third kappa shape index (κ3) is 4.70. The Morgan fingerprint density at radius 3 is 2.25 bits per heavy atom. The summed E-state index contributed by atoms with van der Waals surface area (Å²) in [5.41, 5.74) is 0.534. The number of sulfonamides is 1. The van der Waals surface area contributed by atoms with Crippen LogP contribution in [0.4, 0.5) is 0 Å². The number of aliphatic carboxylic acids is 1. The fourth-order valence-corrected chi connectivity index (χ4v) is 3.94. The molecule has 0 radical (unpaired) electrons. The third-order valence-corrected chi connectivity index (χ3v) is 6.18. The van der Waals surface area contributed by atoms with Gasteiger partial charge in [0.05, 0.1) is 14.9 Å². The Balaban J connectivity index is 2.38. The molecule has 5 nitrogen and oxygen atoms in total. The van der Waals surface area contributed by atoms with Gasteiger partial charge in [0.25, 0.3) is 0 Å². The van der Waals surface area contributed by atoms with Crippen LogP contribution >= 0.6 is 39.1 Å². The number of carboxylic acids is 1. The van der Waals surface area contributed by atoms with Gasteiger partial charge in [-0.05, 0) is 42.0 Å². The van der Waals surface area contributed by atoms with Crippen molar-refractivity contribution in [3.05, 3.63) is 62.5 Å². The zero-order valence-electron chi connectivity index (χ0n) is 12.1. The Bertz CT molecular complexity index is 856. The van der Waals surface area contributed by atoms with E-state index >= 15 is 0 Å². The van der Waals surface area contributed by atoms with Crippen molar-refractivity contribution in [2.24, 2.45) is 0 Å². The Labute approximate surface area is 158 Å². The summed E-state index contributed by atoms with van der Waals surface area (Å²) in [6, 6.07) is 10.6. The summed E-state index contributed by atoms with van der Waals surface area (Å²) >= 11 is 15.0. The summed E-state index contributed by atoms with van der Waals surface area (Å²) in [4.78, 5) is 11.1. The maximum Gasteiger partial charge on any atom is 0.318 e. The Morgan fingerprint density at radius 2 is 1.71 bits per heavy atom. The molecule has 0 aliphatic rings. The number of hydrogen-bond acceptors (Lipinski definition) is 3. The predicted octanol–water partition coefficient (Wildman–Crippen LogP) is 4.03. The third-order valence-electron chi connectivity index (χ3n) is 3.11. The fourth-order valence-electron chi connectivity index (χ4n) is 1.97. The average molecular weight is 453 g/mol. The highest BCUT2D eigenvalue weighted by Gasteiger charge is 2.27. The molecule has 1 N–H and O–H groups in total. The van der Waals surface area contributed by atoms with E-state index in [4.69, 9.17) is 28.3 Å². The molecule has 0 fully saturated rings. The monoisotopic (exact) mass is 451 g/mol. The van der Waals surface area contributed by atoms with E-state index in [2.05, 4.69) is 15.9 Å². The first-order valence-electron chi connectivity index (χ1n) is 6.61. The van der Waals surface area contributed by atoms with Gasteiger partial charge in [0.2, 0.25) is 10.0 Å². The molecule has 128 valence electrons. The van der Waals surface area contributed by atoms with Gasteiger partial charge in [-0.15, -0.1) is 0 Å². The lowest BCUT2D eigenvalue weighted by Gasteiger charge is -2.20. The van der Waals surface area contributed by atoms with E-state index in [1.54, 1.807) is 18.2 Å². The number of hydrogen-bond donors (Lipinski definition) is 1. The van der Waals surface area contributed by atoms with Crippen molar-refractivity contribution in [1.29, 1.82) is 0 Å². The summed E-state index contributed by atoms with van der Waals surface area (Å²) in [7, 11) is -3.98. The molecule has 2 rings (SSSR count). The smallest absolute Gasteiger partial charge is 0.318 e. The summed E-state index contributed by atoms with van der Waals surface area (Å²) in [5, 5.41) is 9.66. The molecule has 0 aliphatic heterocycles. The molecule has 0 bridgehead atoms. The molecular formula is C15H12BrCl2NO4S. The number of benzene rings is 2. The average Bonchev–Trinajstić information content (AvgIpc) is 2.50. The Morgan fingerprint density at radius 1 is 1.08 bits per heavy atom. The predicted molar refractivity (Wildman–Crippen MR) is 95.8 cm³/mol. The van der Waals surface area contributed by atoms with Crippen LogP contribution in [0.25, 0.3) is 0 Å². The Kier molecular flexibility index (Phi) is 6.28. The molecule has 2 aromatic rings. The highest BCUT2D eigenvalue weighted by atomic mass is 79.9. The van der Waals surface area contributed by atoms with Gasteiger partial charge < -0.3 is 5.11 Å². The van der Waals surface area contributed by atoms with Crippen molar-refractivity contribution in [2.75, 3.05) is 6.54 Å². The molecule has 0 atom stereocenters. The second-order valence-corrected chi connectivity index (χ2v) is 8.54. The minimum Gasteiger partial charge on any atom is -0.480 e. The van der Waals surface area contributed by atoms with E-state index in [9.17, 15) is 13.2 Å². The second-order valence-electron chi connectivity index (χ2n) is 4.87. The first kappa shape index (κ1) is 19.2. The zero-order chi connectivity index (χ0) is 17.9. The molecule has 0 amide bonds. The van der Waals surface area contributed by atoms with Crippen molar-refractivity contribution in [3.8, 4) is 0 Å². The molecule has 0 aromatic heterocycles. The first-order valence-corrected chi connectivity index (χ1v) is 9.60. The normalized spacial score (nSPS) is 11.7. The van der Waals surface area contributed by atoms with Gasteiger partial charge in [-0.3, -0.25) is 4.79 Å². The van der Waals surface area contributed by atoms with E-state index in [-0.39, 0.29) is 16.5 Å². The molecule has 9 heteroatoms. The topological polar surface area (TPSA) is 74.7 Å². The van der Waals surface area contributed by atoms with Gasteiger partial charge in [-0.2, -0.15) is 4.31 Å². The lowest BCUT2D eigenvalue weighted by atomic mass is 10.2. The quantitative estimate of drug-likeness (QED) is 0.717. The van der Waals surface area contributed by atoms with Crippen LogP contribution in [0.15, 0.2) is 51.8 Å². The van der Waals surface area contributed by atoms with Gasteiger partial charge in [0.1, 0.15) is 6.54 Å². The molecule has 0 saturated heterocycles. The van der Waals surface area contributed by atoms with Gasteiger partial charge in [-0.1, -0.05) is 45.2 Å². The molecule has 2 aromatic carbocycles. The first-order chi connectivity index (χ1) is 11.2. The maximum absolute atomic E-state index is 12.7. The largest absolute Gasteiger partial charge is 0.480 e. The highest BCUT2D eigenvalue weighted by molar-refractivity contribution is 9.10. The van der Waals surface area contributed by atoms with Gasteiger partial charge in [0, 0.05) is 11.0 Å². The second kappa shape index (κ2) is 7.84. The number of nitrogens with zero attached hydrogens (tertiary/aromatic N) is 1. The maximum atomic E-state index is 12.7. The summed E-state index contributed by atoms with van der Waals surface area (Å²) in [6.07, 6.45) is 0. The molecule has 24 heavy (non-hydrogen) atoms. The molecule has 0 unspecified atom stereocenters. The van der Waals surface area contributed by atoms with Crippen molar-refractivity contribution in [3.63, 3.8) is 0 Å². The van der Waals surface area contributed by atoms with Crippen LogP contribution in [-0.4, -0.2) is 30.3 Å². The molecule has 0 heterocycles. The minimum atomic E-state index is -3.98. The van der Waals surface area contributed by atoms with E-state index in [1.165, 1.54) is 24.3 Å². The van der Waals surface area contributed by atoms with Crippen molar-refractivity contribution < 1.29 is 18.3 Å². The van der Waals surface area contributed by atoms with E-state index in [0.717, 1.165) is 8.78 Å². The number of carboxylic acid groups (broad SMARTS) is 1. The summed E-state index contributed by atoms with van der Waals surface area (Å²) in [6.45, 7) is -0.805. The van der Waals surface area contributed by atoms with Gasteiger partial charge in [-0.25, -0.2) is 8.42 Å². The number of rotatable bonds is 6. The van der Waals surface area contributed by atoms with Gasteiger partial charge in [0.15, 0.2) is 0 Å². The molecule has 0 spiro atoms. The molecular weight excluding hydrogens is 441 g/mol. The molecule has 0 aliphatic carbocycles. The lowest BCUT2D eigenvalue weighted by molar-refractivity contribution is -0.137. The van der Waals surface area contributed by atoms with E-state index in [0.29, 0.717) is 10.6 Å². The van der Waals surface area contributed by atoms with Gasteiger partial charge >= 0.3 is 5.97 Å². The van der Waals surface area contributed by atoms with E-state index in [1.807, 2.05) is 0 Å². The van der Waals surface area contributed by atoms with Crippen LogP contribution in [-0.2, 0) is 21.4 Å². The SMILES string of the molecule is O=C(O)CN(Cc1ccc(Cl)c(Cl)c1)S(=O)(=O)c1ccc(Br)cc1. The fraction of sp³-hybridized carbons (Fsp3) is 0.133. The van der Waals surface area contributed by atoms with Crippen molar-refractivity contribution in [1.82, 2.24) is 4.31 Å². The van der Waals surface area contributed by atoms with E-state index < -0.39 is 22.5 Å². The van der Waals surface area contributed by atoms with Crippen LogP contribution in [0.1, 0.15) is 5.56 Å².